The molecule has 3 rings (SSSR count). The number of hydrazone groups is 1. The molecular formula is C19H17N3O2S. The maximum atomic E-state index is 12.0. The number of nitrogens with zero attached hydrogens (tertiary/aromatic N) is 2. The van der Waals surface area contributed by atoms with E-state index >= 15 is 0 Å². The Balaban J connectivity index is 1.61. The molecule has 126 valence electrons. The van der Waals surface area contributed by atoms with Crippen LogP contribution in [0.2, 0.25) is 0 Å². The van der Waals surface area contributed by atoms with E-state index in [2.05, 4.69) is 15.5 Å². The topological polar surface area (TPSA) is 74.6 Å². The number of phenols is 1. The number of amides is 1. The monoisotopic (exact) mass is 351 g/mol. The fourth-order valence-electron chi connectivity index (χ4n) is 2.35. The second kappa shape index (κ2) is 7.81. The van der Waals surface area contributed by atoms with Crippen LogP contribution in [-0.2, 0) is 4.79 Å². The van der Waals surface area contributed by atoms with E-state index in [9.17, 15) is 9.90 Å². The van der Waals surface area contributed by atoms with E-state index in [1.807, 2.05) is 37.3 Å². The Labute approximate surface area is 149 Å². The van der Waals surface area contributed by atoms with Gasteiger partial charge in [0.05, 0.1) is 17.5 Å². The molecule has 0 aliphatic rings. The van der Waals surface area contributed by atoms with E-state index in [1.165, 1.54) is 18.0 Å². The molecule has 0 aliphatic heterocycles. The Morgan fingerprint density at radius 1 is 1.24 bits per heavy atom. The van der Waals surface area contributed by atoms with Gasteiger partial charge in [-0.1, -0.05) is 30.3 Å². The predicted molar refractivity (Wildman–Crippen MR) is 101 cm³/mol. The van der Waals surface area contributed by atoms with Gasteiger partial charge in [-0.3, -0.25) is 9.78 Å². The minimum absolute atomic E-state index is 0.158. The minimum atomic E-state index is -0.194. The van der Waals surface area contributed by atoms with Crippen molar-refractivity contribution >= 4 is 34.8 Å². The lowest BCUT2D eigenvalue weighted by atomic mass is 10.2. The van der Waals surface area contributed by atoms with Crippen molar-refractivity contribution < 1.29 is 9.90 Å². The second-order valence-corrected chi connectivity index (χ2v) is 6.47. The summed E-state index contributed by atoms with van der Waals surface area (Å²) in [6, 6.07) is 16.5. The molecule has 25 heavy (non-hydrogen) atoms. The smallest absolute Gasteiger partial charge is 0.250 e. The summed E-state index contributed by atoms with van der Waals surface area (Å²) in [5.41, 5.74) is 5.05. The third kappa shape index (κ3) is 4.58. The van der Waals surface area contributed by atoms with Gasteiger partial charge < -0.3 is 5.11 Å². The highest BCUT2D eigenvalue weighted by Gasteiger charge is 2.07. The van der Waals surface area contributed by atoms with Gasteiger partial charge >= 0.3 is 0 Å². The van der Waals surface area contributed by atoms with Crippen molar-refractivity contribution in [3.05, 3.63) is 65.9 Å². The van der Waals surface area contributed by atoms with Gasteiger partial charge in [-0.25, -0.2) is 5.43 Å². The summed E-state index contributed by atoms with van der Waals surface area (Å²) in [5, 5.41) is 14.3. The normalized spacial score (nSPS) is 11.1. The highest BCUT2D eigenvalue weighted by Crippen LogP contribution is 2.27. The summed E-state index contributed by atoms with van der Waals surface area (Å²) in [4.78, 5) is 17.5. The summed E-state index contributed by atoms with van der Waals surface area (Å²) in [5.74, 6) is 0.218. The Morgan fingerprint density at radius 3 is 2.92 bits per heavy atom. The standard InChI is InChI=1S/C19H17N3O2S/c1-13-9-18(16-7-2-3-8-17(16)21-13)25-12-19(24)22-20-11-14-5-4-6-15(23)10-14/h2-11,23H,12H2,1H3,(H,22,24). The third-order valence-electron chi connectivity index (χ3n) is 3.44. The quantitative estimate of drug-likeness (QED) is 0.419. The van der Waals surface area contributed by atoms with Crippen LogP contribution in [0.15, 0.2) is 64.6 Å². The fourth-order valence-corrected chi connectivity index (χ4v) is 3.28. The van der Waals surface area contributed by atoms with Crippen LogP contribution in [0.5, 0.6) is 5.75 Å². The molecule has 0 radical (unpaired) electrons. The van der Waals surface area contributed by atoms with Crippen molar-refractivity contribution in [1.29, 1.82) is 0 Å². The first-order valence-corrected chi connectivity index (χ1v) is 8.70. The summed E-state index contributed by atoms with van der Waals surface area (Å²) in [7, 11) is 0. The van der Waals surface area contributed by atoms with Crippen LogP contribution in [0.1, 0.15) is 11.3 Å². The molecule has 3 aromatic rings. The average Bonchev–Trinajstić information content (AvgIpc) is 2.59. The highest BCUT2D eigenvalue weighted by molar-refractivity contribution is 8.00. The zero-order valence-electron chi connectivity index (χ0n) is 13.6. The maximum Gasteiger partial charge on any atom is 0.250 e. The molecule has 6 heteroatoms. The highest BCUT2D eigenvalue weighted by atomic mass is 32.2. The molecule has 0 fully saturated rings. The first-order chi connectivity index (χ1) is 12.1. The van der Waals surface area contributed by atoms with Crippen LogP contribution >= 0.6 is 11.8 Å². The Kier molecular flexibility index (Phi) is 5.30. The Hall–Kier alpha value is -2.86. The lowest BCUT2D eigenvalue weighted by Gasteiger charge is -2.07. The molecule has 1 aromatic heterocycles. The average molecular weight is 351 g/mol. The number of pyridine rings is 1. The van der Waals surface area contributed by atoms with E-state index in [0.29, 0.717) is 5.56 Å². The number of fused-ring (bicyclic) bond motifs is 1. The number of phenolic OH excluding ortho intramolecular Hbond substituents is 1. The number of aromatic hydroxyl groups is 1. The molecule has 5 nitrogen and oxygen atoms in total. The number of aromatic nitrogens is 1. The van der Waals surface area contributed by atoms with E-state index in [4.69, 9.17) is 0 Å². The van der Waals surface area contributed by atoms with E-state index in [0.717, 1.165) is 21.5 Å². The van der Waals surface area contributed by atoms with Gasteiger partial charge in [0, 0.05) is 16.0 Å². The maximum absolute atomic E-state index is 12.0. The van der Waals surface area contributed by atoms with E-state index in [-0.39, 0.29) is 17.4 Å². The third-order valence-corrected chi connectivity index (χ3v) is 4.49. The van der Waals surface area contributed by atoms with Crippen molar-refractivity contribution in [2.24, 2.45) is 5.10 Å². The first kappa shape index (κ1) is 17.0. The lowest BCUT2D eigenvalue weighted by molar-refractivity contribution is -0.118. The molecule has 0 spiro atoms. The van der Waals surface area contributed by atoms with Gasteiger partial charge in [-0.05, 0) is 36.8 Å². The lowest BCUT2D eigenvalue weighted by Crippen LogP contribution is -2.19. The van der Waals surface area contributed by atoms with E-state index in [1.54, 1.807) is 24.3 Å². The van der Waals surface area contributed by atoms with Gasteiger partial charge in [-0.2, -0.15) is 5.10 Å². The van der Waals surface area contributed by atoms with Gasteiger partial charge in [0.25, 0.3) is 0 Å². The van der Waals surface area contributed by atoms with Crippen molar-refractivity contribution in [2.45, 2.75) is 11.8 Å². The van der Waals surface area contributed by atoms with Crippen molar-refractivity contribution in [1.82, 2.24) is 10.4 Å². The second-order valence-electron chi connectivity index (χ2n) is 5.46. The van der Waals surface area contributed by atoms with Crippen molar-refractivity contribution in [3.63, 3.8) is 0 Å². The van der Waals surface area contributed by atoms with Gasteiger partial charge in [0.15, 0.2) is 0 Å². The predicted octanol–water partition coefficient (Wildman–Crippen LogP) is 3.49. The largest absolute Gasteiger partial charge is 0.508 e. The zero-order valence-corrected chi connectivity index (χ0v) is 14.5. The number of hydrogen-bond donors (Lipinski definition) is 2. The molecule has 0 saturated carbocycles. The molecule has 2 N–H and O–H groups in total. The number of hydrogen-bond acceptors (Lipinski definition) is 5. The van der Waals surface area contributed by atoms with Crippen molar-refractivity contribution in [2.75, 3.05) is 5.75 Å². The summed E-state index contributed by atoms with van der Waals surface area (Å²) >= 11 is 1.45. The summed E-state index contributed by atoms with van der Waals surface area (Å²) in [6.45, 7) is 1.94. The summed E-state index contributed by atoms with van der Waals surface area (Å²) in [6.07, 6.45) is 1.49. The fraction of sp³-hybridized carbons (Fsp3) is 0.105. The molecule has 2 aromatic carbocycles. The van der Waals surface area contributed by atoms with Gasteiger partial charge in [-0.15, -0.1) is 11.8 Å². The summed E-state index contributed by atoms with van der Waals surface area (Å²) < 4.78 is 0. The number of benzene rings is 2. The van der Waals surface area contributed by atoms with Gasteiger partial charge in [0.2, 0.25) is 5.91 Å². The zero-order chi connectivity index (χ0) is 17.6. The molecular weight excluding hydrogens is 334 g/mol. The SMILES string of the molecule is Cc1cc(SCC(=O)NN=Cc2cccc(O)c2)c2ccccc2n1. The van der Waals surface area contributed by atoms with Crippen LogP contribution in [-0.4, -0.2) is 28.0 Å². The molecule has 1 amide bonds. The number of para-hydroxylation sites is 1. The van der Waals surface area contributed by atoms with Crippen LogP contribution in [0.4, 0.5) is 0 Å². The minimum Gasteiger partial charge on any atom is -0.508 e. The molecule has 1 heterocycles. The Morgan fingerprint density at radius 2 is 2.08 bits per heavy atom. The van der Waals surface area contributed by atoms with Crippen LogP contribution in [0.25, 0.3) is 10.9 Å². The number of nitrogens with one attached hydrogen (secondary N) is 1. The molecule has 0 bridgehead atoms. The molecule has 0 aliphatic carbocycles. The number of carbonyl (C=O) groups is 1. The number of carbonyl (C=O) groups excluding carboxylic acids is 1. The number of rotatable bonds is 5. The molecule has 0 atom stereocenters. The van der Waals surface area contributed by atoms with Crippen molar-refractivity contribution in [3.8, 4) is 5.75 Å². The number of aryl methyl sites for hydroxylation is 1. The van der Waals surface area contributed by atoms with Crippen LogP contribution in [0.3, 0.4) is 0 Å². The van der Waals surface area contributed by atoms with Crippen LogP contribution in [0, 0.1) is 6.92 Å². The van der Waals surface area contributed by atoms with Gasteiger partial charge in [0.1, 0.15) is 5.75 Å². The Bertz CT molecular complexity index is 941. The molecule has 0 unspecified atom stereocenters. The molecule has 0 saturated heterocycles. The van der Waals surface area contributed by atoms with Crippen LogP contribution < -0.4 is 5.43 Å². The first-order valence-electron chi connectivity index (χ1n) is 7.72. The number of thioether (sulfide) groups is 1. The van der Waals surface area contributed by atoms with E-state index < -0.39 is 0 Å².